The molecular weight excluding hydrogens is 216 g/mol. The number of anilines is 1. The van der Waals surface area contributed by atoms with Crippen LogP contribution in [-0.2, 0) is 0 Å². The molecule has 17 heavy (non-hydrogen) atoms. The minimum atomic E-state index is -0.221. The van der Waals surface area contributed by atoms with E-state index in [1.165, 1.54) is 12.8 Å². The van der Waals surface area contributed by atoms with Crippen LogP contribution in [0.25, 0.3) is 11.0 Å². The van der Waals surface area contributed by atoms with Crippen molar-refractivity contribution in [3.63, 3.8) is 0 Å². The van der Waals surface area contributed by atoms with E-state index in [2.05, 4.69) is 23.8 Å². The van der Waals surface area contributed by atoms with Gasteiger partial charge in [-0.25, -0.2) is 4.98 Å². The Morgan fingerprint density at radius 3 is 3.06 bits per heavy atom. The van der Waals surface area contributed by atoms with E-state index in [0.717, 1.165) is 11.9 Å². The van der Waals surface area contributed by atoms with Crippen molar-refractivity contribution in [3.8, 4) is 0 Å². The molecule has 5 nitrogen and oxygen atoms in total. The van der Waals surface area contributed by atoms with E-state index in [9.17, 15) is 4.79 Å². The van der Waals surface area contributed by atoms with Gasteiger partial charge in [0.15, 0.2) is 5.52 Å². The molecule has 5 heteroatoms. The van der Waals surface area contributed by atoms with Gasteiger partial charge in [-0.05, 0) is 13.3 Å². The van der Waals surface area contributed by atoms with Crippen LogP contribution in [0.2, 0.25) is 0 Å². The maximum absolute atomic E-state index is 11.6. The van der Waals surface area contributed by atoms with Gasteiger partial charge in [0, 0.05) is 12.1 Å². The van der Waals surface area contributed by atoms with Crippen molar-refractivity contribution in [2.24, 2.45) is 0 Å². The molecule has 2 heterocycles. The number of imidazole rings is 1. The minimum absolute atomic E-state index is 0.221. The third-order valence-corrected chi connectivity index (χ3v) is 3.05. The number of pyridine rings is 1. The van der Waals surface area contributed by atoms with Crippen LogP contribution in [0.1, 0.15) is 39.2 Å². The zero-order chi connectivity index (χ0) is 12.4. The van der Waals surface area contributed by atoms with Crippen LogP contribution in [0, 0.1) is 0 Å². The maximum atomic E-state index is 11.6. The average molecular weight is 234 g/mol. The van der Waals surface area contributed by atoms with E-state index in [1.807, 2.05) is 4.57 Å². The summed E-state index contributed by atoms with van der Waals surface area (Å²) in [5.41, 5.74) is 6.71. The van der Waals surface area contributed by atoms with Gasteiger partial charge < -0.3 is 15.3 Å². The highest BCUT2D eigenvalue weighted by atomic mass is 16.1. The van der Waals surface area contributed by atoms with Crippen LogP contribution < -0.4 is 11.3 Å². The van der Waals surface area contributed by atoms with Crippen molar-refractivity contribution >= 4 is 16.9 Å². The summed E-state index contributed by atoms with van der Waals surface area (Å²) in [6, 6.07) is 2.10. The van der Waals surface area contributed by atoms with Gasteiger partial charge in [0.2, 0.25) is 0 Å². The zero-order valence-corrected chi connectivity index (χ0v) is 10.2. The summed E-state index contributed by atoms with van der Waals surface area (Å²) in [5.74, 6) is 0.381. The number of nitrogens with one attached hydrogen (secondary N) is 1. The Morgan fingerprint density at radius 2 is 2.35 bits per heavy atom. The number of nitrogen functional groups attached to an aromatic ring is 1. The van der Waals surface area contributed by atoms with Crippen molar-refractivity contribution in [1.82, 2.24) is 14.5 Å². The van der Waals surface area contributed by atoms with Crippen LogP contribution >= 0.6 is 0 Å². The number of nitrogens with two attached hydrogens (primary N) is 1. The molecule has 3 N–H and O–H groups in total. The lowest BCUT2D eigenvalue weighted by atomic mass is 10.1. The van der Waals surface area contributed by atoms with E-state index >= 15 is 0 Å². The highest BCUT2D eigenvalue weighted by molar-refractivity contribution is 5.76. The Bertz CT molecular complexity index is 569. The molecule has 92 valence electrons. The molecule has 0 saturated heterocycles. The van der Waals surface area contributed by atoms with Gasteiger partial charge in [-0.2, -0.15) is 0 Å². The Kier molecular flexibility index (Phi) is 3.17. The van der Waals surface area contributed by atoms with Crippen molar-refractivity contribution in [2.45, 2.75) is 39.2 Å². The monoisotopic (exact) mass is 234 g/mol. The molecule has 0 aliphatic carbocycles. The van der Waals surface area contributed by atoms with Crippen molar-refractivity contribution in [1.29, 1.82) is 0 Å². The molecule has 1 unspecified atom stereocenters. The van der Waals surface area contributed by atoms with E-state index < -0.39 is 0 Å². The molecule has 0 spiro atoms. The number of aromatic amines is 1. The Hall–Kier alpha value is -1.78. The summed E-state index contributed by atoms with van der Waals surface area (Å²) in [6.45, 7) is 4.30. The van der Waals surface area contributed by atoms with E-state index in [1.54, 1.807) is 12.4 Å². The minimum Gasteiger partial charge on any atom is -0.385 e. The highest BCUT2D eigenvalue weighted by Crippen LogP contribution is 2.20. The first-order valence-electron chi connectivity index (χ1n) is 5.98. The fourth-order valence-electron chi connectivity index (χ4n) is 2.05. The second-order valence-corrected chi connectivity index (χ2v) is 4.43. The van der Waals surface area contributed by atoms with Crippen LogP contribution in [0.15, 0.2) is 17.2 Å². The molecule has 2 aromatic rings. The predicted octanol–water partition coefficient (Wildman–Crippen LogP) is 2.06. The van der Waals surface area contributed by atoms with Crippen LogP contribution in [0.3, 0.4) is 0 Å². The van der Waals surface area contributed by atoms with Gasteiger partial charge in [-0.3, -0.25) is 4.79 Å². The molecule has 0 saturated carbocycles. The SMILES string of the molecule is CCCCC(C)n1cnc2c(=O)[nH]c(N)cc21. The standard InChI is InChI=1S/C12H18N4O/c1-3-4-5-8(2)16-7-14-11-9(16)6-10(13)15-12(11)17/h6-8H,3-5H2,1-2H3,(H3,13,15,17). The highest BCUT2D eigenvalue weighted by Gasteiger charge is 2.11. The molecule has 1 atom stereocenters. The molecule has 0 aromatic carbocycles. The molecule has 2 aromatic heterocycles. The Labute approximate surface area is 99.7 Å². The molecule has 0 aliphatic rings. The lowest BCUT2D eigenvalue weighted by Gasteiger charge is -2.13. The number of hydrogen-bond acceptors (Lipinski definition) is 3. The van der Waals surface area contributed by atoms with E-state index in [-0.39, 0.29) is 5.56 Å². The van der Waals surface area contributed by atoms with Crippen LogP contribution in [0.5, 0.6) is 0 Å². The van der Waals surface area contributed by atoms with Gasteiger partial charge in [0.05, 0.1) is 11.8 Å². The van der Waals surface area contributed by atoms with Crippen LogP contribution in [0.4, 0.5) is 5.82 Å². The molecule has 2 rings (SSSR count). The Morgan fingerprint density at radius 1 is 1.59 bits per heavy atom. The van der Waals surface area contributed by atoms with E-state index in [0.29, 0.717) is 17.4 Å². The van der Waals surface area contributed by atoms with Crippen molar-refractivity contribution in [3.05, 3.63) is 22.7 Å². The lowest BCUT2D eigenvalue weighted by Crippen LogP contribution is -2.10. The quantitative estimate of drug-likeness (QED) is 0.850. The molecule has 0 aliphatic heterocycles. The van der Waals surface area contributed by atoms with Gasteiger partial charge in [-0.15, -0.1) is 0 Å². The Balaban J connectivity index is 2.45. The first-order valence-corrected chi connectivity index (χ1v) is 5.98. The van der Waals surface area contributed by atoms with Crippen molar-refractivity contribution in [2.75, 3.05) is 5.73 Å². The first-order chi connectivity index (χ1) is 8.13. The third-order valence-electron chi connectivity index (χ3n) is 3.05. The molecule has 0 bridgehead atoms. The maximum Gasteiger partial charge on any atom is 0.277 e. The summed E-state index contributed by atoms with van der Waals surface area (Å²) < 4.78 is 2.02. The largest absolute Gasteiger partial charge is 0.385 e. The van der Waals surface area contributed by atoms with Crippen LogP contribution in [-0.4, -0.2) is 14.5 Å². The summed E-state index contributed by atoms with van der Waals surface area (Å²) >= 11 is 0. The number of H-pyrrole nitrogens is 1. The zero-order valence-electron chi connectivity index (χ0n) is 10.2. The summed E-state index contributed by atoms with van der Waals surface area (Å²) in [4.78, 5) is 18.3. The molecular formula is C12H18N4O. The van der Waals surface area contributed by atoms with Gasteiger partial charge >= 0.3 is 0 Å². The number of fused-ring (bicyclic) bond motifs is 1. The first kappa shape index (κ1) is 11.7. The molecule has 0 amide bonds. The van der Waals surface area contributed by atoms with E-state index in [4.69, 9.17) is 5.73 Å². The third kappa shape index (κ3) is 2.18. The summed E-state index contributed by atoms with van der Waals surface area (Å²) in [5, 5.41) is 0. The second-order valence-electron chi connectivity index (χ2n) is 4.43. The number of unbranched alkanes of at least 4 members (excludes halogenated alkanes) is 1. The fraction of sp³-hybridized carbons (Fsp3) is 0.500. The topological polar surface area (TPSA) is 76.7 Å². The average Bonchev–Trinajstić information content (AvgIpc) is 2.69. The summed E-state index contributed by atoms with van der Waals surface area (Å²) in [7, 11) is 0. The van der Waals surface area contributed by atoms with Gasteiger partial charge in [0.1, 0.15) is 5.82 Å². The van der Waals surface area contributed by atoms with Crippen molar-refractivity contribution < 1.29 is 0 Å². The molecule has 0 fully saturated rings. The lowest BCUT2D eigenvalue weighted by molar-refractivity contribution is 0.496. The van der Waals surface area contributed by atoms with Gasteiger partial charge in [-0.1, -0.05) is 19.8 Å². The molecule has 0 radical (unpaired) electrons. The fourth-order valence-corrected chi connectivity index (χ4v) is 2.05. The predicted molar refractivity (Wildman–Crippen MR) is 69.0 cm³/mol. The normalized spacial score (nSPS) is 13.1. The summed E-state index contributed by atoms with van der Waals surface area (Å²) in [6.07, 6.45) is 5.13. The second kappa shape index (κ2) is 4.61. The number of nitrogens with zero attached hydrogens (tertiary/aromatic N) is 2. The smallest absolute Gasteiger partial charge is 0.277 e. The number of hydrogen-bond donors (Lipinski definition) is 2. The number of aromatic nitrogens is 3. The van der Waals surface area contributed by atoms with Gasteiger partial charge in [0.25, 0.3) is 5.56 Å². The number of rotatable bonds is 4.